The average Bonchev–Trinajstić information content (AvgIpc) is 2.18. The highest BCUT2D eigenvalue weighted by Crippen LogP contribution is 2.19. The molecule has 1 aromatic heterocycles. The van der Waals surface area contributed by atoms with Crippen LogP contribution in [0.25, 0.3) is 10.9 Å². The van der Waals surface area contributed by atoms with E-state index in [-0.39, 0.29) is 0 Å². The van der Waals surface area contributed by atoms with Gasteiger partial charge in [0.25, 0.3) is 0 Å². The third-order valence-electron chi connectivity index (χ3n) is 2.11. The summed E-state index contributed by atoms with van der Waals surface area (Å²) in [5.74, 6) is 0. The third kappa shape index (κ3) is 1.54. The first kappa shape index (κ1) is 8.97. The number of anilines is 1. The number of rotatable bonds is 2. The molecule has 0 fully saturated rings. The topological polar surface area (TPSA) is 48.1 Å². The minimum absolute atomic E-state index is 0.581. The maximum absolute atomic E-state index is 5.79. The highest BCUT2D eigenvalue weighted by atomic mass is 16.5. The Morgan fingerprint density at radius 1 is 1.43 bits per heavy atom. The molecule has 3 heteroatoms. The summed E-state index contributed by atoms with van der Waals surface area (Å²) in [6.07, 6.45) is 1.79. The summed E-state index contributed by atoms with van der Waals surface area (Å²) in [6, 6.07) is 7.82. The number of nitrogens with zero attached hydrogens (tertiary/aromatic N) is 1. The van der Waals surface area contributed by atoms with Crippen molar-refractivity contribution in [2.75, 3.05) is 12.8 Å². The summed E-state index contributed by atoms with van der Waals surface area (Å²) in [5, 5.41) is 1.06. The van der Waals surface area contributed by atoms with Gasteiger partial charge in [-0.2, -0.15) is 0 Å². The Labute approximate surface area is 82.5 Å². The van der Waals surface area contributed by atoms with Crippen LogP contribution in [0, 0.1) is 0 Å². The number of ether oxygens (including phenoxy) is 1. The first-order chi connectivity index (χ1) is 6.81. The zero-order valence-corrected chi connectivity index (χ0v) is 8.03. The van der Waals surface area contributed by atoms with Gasteiger partial charge in [-0.1, -0.05) is 12.1 Å². The van der Waals surface area contributed by atoms with E-state index in [0.29, 0.717) is 12.3 Å². The van der Waals surface area contributed by atoms with Gasteiger partial charge in [0.15, 0.2) is 0 Å². The van der Waals surface area contributed by atoms with Gasteiger partial charge in [0.1, 0.15) is 0 Å². The molecule has 0 saturated heterocycles. The van der Waals surface area contributed by atoms with Crippen molar-refractivity contribution in [1.82, 2.24) is 4.98 Å². The number of benzene rings is 1. The molecule has 0 aliphatic rings. The van der Waals surface area contributed by atoms with Crippen LogP contribution in [0.5, 0.6) is 0 Å². The lowest BCUT2D eigenvalue weighted by atomic mass is 10.1. The first-order valence-corrected chi connectivity index (χ1v) is 4.43. The Kier molecular flexibility index (Phi) is 2.33. The Morgan fingerprint density at radius 3 is 3.07 bits per heavy atom. The van der Waals surface area contributed by atoms with Crippen LogP contribution in [-0.2, 0) is 11.3 Å². The van der Waals surface area contributed by atoms with Gasteiger partial charge in [-0.15, -0.1) is 0 Å². The summed E-state index contributed by atoms with van der Waals surface area (Å²) >= 11 is 0. The lowest BCUT2D eigenvalue weighted by molar-refractivity contribution is 0.185. The molecule has 0 atom stereocenters. The van der Waals surface area contributed by atoms with Crippen LogP contribution in [0.2, 0.25) is 0 Å². The number of fused-ring (bicyclic) bond motifs is 1. The molecule has 3 nitrogen and oxygen atoms in total. The van der Waals surface area contributed by atoms with E-state index in [0.717, 1.165) is 16.5 Å². The lowest BCUT2D eigenvalue weighted by Gasteiger charge is -2.03. The molecule has 0 spiro atoms. The number of methoxy groups -OCH3 is 1. The number of hydrogen-bond donors (Lipinski definition) is 1. The standard InChI is InChI=1S/C11H12N2O/c1-14-7-8-5-9-3-2-4-10(12)11(9)13-6-8/h2-6H,7,12H2,1H3. The average molecular weight is 188 g/mol. The van der Waals surface area contributed by atoms with E-state index in [1.54, 1.807) is 13.3 Å². The SMILES string of the molecule is COCc1cnc2c(N)cccc2c1. The Morgan fingerprint density at radius 2 is 2.29 bits per heavy atom. The monoisotopic (exact) mass is 188 g/mol. The lowest BCUT2D eigenvalue weighted by Crippen LogP contribution is -1.92. The van der Waals surface area contributed by atoms with Gasteiger partial charge in [-0.25, -0.2) is 0 Å². The number of nitrogens with two attached hydrogens (primary N) is 1. The highest BCUT2D eigenvalue weighted by Gasteiger charge is 1.99. The van der Waals surface area contributed by atoms with Gasteiger partial charge in [0.05, 0.1) is 17.8 Å². The van der Waals surface area contributed by atoms with Crippen LogP contribution < -0.4 is 5.73 Å². The van der Waals surface area contributed by atoms with Gasteiger partial charge < -0.3 is 10.5 Å². The molecule has 2 N–H and O–H groups in total. The Bertz CT molecular complexity index is 454. The molecular formula is C11H12N2O. The molecule has 0 unspecified atom stereocenters. The normalized spacial score (nSPS) is 10.6. The van der Waals surface area contributed by atoms with Crippen molar-refractivity contribution < 1.29 is 4.74 Å². The molecule has 0 amide bonds. The van der Waals surface area contributed by atoms with Gasteiger partial charge >= 0.3 is 0 Å². The molecule has 72 valence electrons. The van der Waals surface area contributed by atoms with Crippen molar-refractivity contribution in [1.29, 1.82) is 0 Å². The number of hydrogen-bond acceptors (Lipinski definition) is 3. The second kappa shape index (κ2) is 3.64. The molecule has 14 heavy (non-hydrogen) atoms. The molecule has 0 bridgehead atoms. The first-order valence-electron chi connectivity index (χ1n) is 4.43. The smallest absolute Gasteiger partial charge is 0.0931 e. The summed E-state index contributed by atoms with van der Waals surface area (Å²) < 4.78 is 5.04. The van der Waals surface area contributed by atoms with Crippen LogP contribution in [0.3, 0.4) is 0 Å². The second-order valence-electron chi connectivity index (χ2n) is 3.20. The van der Waals surface area contributed by atoms with Crippen LogP contribution in [0.4, 0.5) is 5.69 Å². The molecule has 0 radical (unpaired) electrons. The van der Waals surface area contributed by atoms with Crippen molar-refractivity contribution in [3.8, 4) is 0 Å². The predicted molar refractivity (Wildman–Crippen MR) is 56.9 cm³/mol. The number of nitrogen functional groups attached to an aromatic ring is 1. The van der Waals surface area contributed by atoms with E-state index in [1.165, 1.54) is 0 Å². The summed E-state index contributed by atoms with van der Waals surface area (Å²) in [4.78, 5) is 4.29. The van der Waals surface area contributed by atoms with Crippen molar-refractivity contribution in [3.05, 3.63) is 36.0 Å². The van der Waals surface area contributed by atoms with Crippen molar-refractivity contribution in [3.63, 3.8) is 0 Å². The molecule has 2 aromatic rings. The maximum atomic E-state index is 5.79. The fourth-order valence-corrected chi connectivity index (χ4v) is 1.48. The van der Waals surface area contributed by atoms with E-state index in [2.05, 4.69) is 4.98 Å². The molecule has 2 rings (SSSR count). The van der Waals surface area contributed by atoms with Gasteiger partial charge in [0.2, 0.25) is 0 Å². The summed E-state index contributed by atoms with van der Waals surface area (Å²) in [7, 11) is 1.67. The fourth-order valence-electron chi connectivity index (χ4n) is 1.48. The van der Waals surface area contributed by atoms with Crippen LogP contribution in [0.15, 0.2) is 30.5 Å². The number of aromatic nitrogens is 1. The zero-order valence-electron chi connectivity index (χ0n) is 8.03. The van der Waals surface area contributed by atoms with E-state index >= 15 is 0 Å². The molecule has 0 saturated carbocycles. The fraction of sp³-hybridized carbons (Fsp3) is 0.182. The molecule has 0 aliphatic carbocycles. The van der Waals surface area contributed by atoms with Crippen LogP contribution >= 0.6 is 0 Å². The predicted octanol–water partition coefficient (Wildman–Crippen LogP) is 1.96. The van der Waals surface area contributed by atoms with Crippen molar-refractivity contribution >= 4 is 16.6 Å². The number of para-hydroxylation sites is 1. The maximum Gasteiger partial charge on any atom is 0.0931 e. The van der Waals surface area contributed by atoms with Gasteiger partial charge in [-0.05, 0) is 17.7 Å². The van der Waals surface area contributed by atoms with Crippen molar-refractivity contribution in [2.24, 2.45) is 0 Å². The summed E-state index contributed by atoms with van der Waals surface area (Å²) in [5.41, 5.74) is 8.42. The zero-order chi connectivity index (χ0) is 9.97. The van der Waals surface area contributed by atoms with E-state index in [4.69, 9.17) is 10.5 Å². The van der Waals surface area contributed by atoms with Gasteiger partial charge in [0, 0.05) is 18.7 Å². The van der Waals surface area contributed by atoms with Gasteiger partial charge in [-0.3, -0.25) is 4.98 Å². The van der Waals surface area contributed by atoms with Crippen molar-refractivity contribution in [2.45, 2.75) is 6.61 Å². The summed E-state index contributed by atoms with van der Waals surface area (Å²) in [6.45, 7) is 0.581. The Hall–Kier alpha value is -1.61. The second-order valence-corrected chi connectivity index (χ2v) is 3.20. The number of pyridine rings is 1. The van der Waals surface area contributed by atoms with E-state index < -0.39 is 0 Å². The third-order valence-corrected chi connectivity index (χ3v) is 2.11. The van der Waals surface area contributed by atoms with E-state index in [1.807, 2.05) is 24.3 Å². The van der Waals surface area contributed by atoms with Crippen LogP contribution in [-0.4, -0.2) is 12.1 Å². The highest BCUT2D eigenvalue weighted by molar-refractivity contribution is 5.89. The van der Waals surface area contributed by atoms with E-state index in [9.17, 15) is 0 Å². The Balaban J connectivity index is 2.56. The minimum Gasteiger partial charge on any atom is -0.397 e. The largest absolute Gasteiger partial charge is 0.397 e. The molecule has 1 aromatic carbocycles. The molecule has 0 aliphatic heterocycles. The molecular weight excluding hydrogens is 176 g/mol. The molecule has 1 heterocycles. The minimum atomic E-state index is 0.581. The quantitative estimate of drug-likeness (QED) is 0.733. The van der Waals surface area contributed by atoms with Crippen LogP contribution in [0.1, 0.15) is 5.56 Å².